The van der Waals surface area contributed by atoms with Crippen LogP contribution in [0.4, 0.5) is 5.69 Å². The second kappa shape index (κ2) is 5.53. The van der Waals surface area contributed by atoms with Gasteiger partial charge in [-0.1, -0.05) is 48.9 Å². The van der Waals surface area contributed by atoms with E-state index in [1.54, 1.807) is 0 Å². The molecule has 0 spiro atoms. The van der Waals surface area contributed by atoms with E-state index in [9.17, 15) is 0 Å². The quantitative estimate of drug-likeness (QED) is 0.737. The first-order valence-corrected chi connectivity index (χ1v) is 7.63. The first-order chi connectivity index (χ1) is 10.1. The third-order valence-electron chi connectivity index (χ3n) is 3.83. The number of halogens is 1. The normalized spacial score (nSPS) is 20.4. The topological polar surface area (TPSA) is 21.6 Å². The first kappa shape index (κ1) is 14.2. The van der Waals surface area contributed by atoms with E-state index in [-0.39, 0.29) is 0 Å². The van der Waals surface area contributed by atoms with Gasteiger partial charge in [0.2, 0.25) is 0 Å². The fourth-order valence-corrected chi connectivity index (χ4v) is 2.90. The Morgan fingerprint density at radius 3 is 2.62 bits per heavy atom. The summed E-state index contributed by atoms with van der Waals surface area (Å²) in [5, 5.41) is 0.702. The predicted octanol–water partition coefficient (Wildman–Crippen LogP) is 5.46. The Morgan fingerprint density at radius 1 is 1.14 bits per heavy atom. The van der Waals surface area contributed by atoms with E-state index in [2.05, 4.69) is 31.0 Å². The summed E-state index contributed by atoms with van der Waals surface area (Å²) in [4.78, 5) is 4.63. The minimum atomic E-state index is -0.548. The lowest BCUT2D eigenvalue weighted by Crippen LogP contribution is -2.33. The summed E-state index contributed by atoms with van der Waals surface area (Å²) in [6.07, 6.45) is 1.84. The average Bonchev–Trinajstić information content (AvgIpc) is 2.49. The van der Waals surface area contributed by atoms with Gasteiger partial charge < -0.3 is 4.74 Å². The van der Waals surface area contributed by atoms with Gasteiger partial charge in [0.15, 0.2) is 11.5 Å². The lowest BCUT2D eigenvalue weighted by molar-refractivity contribution is 0.109. The third-order valence-corrected chi connectivity index (χ3v) is 4.06. The van der Waals surface area contributed by atoms with Crippen LogP contribution < -0.4 is 0 Å². The number of hydrogen-bond donors (Lipinski definition) is 0. The Hall–Kier alpha value is -1.80. The Kier molecular flexibility index (Phi) is 3.73. The van der Waals surface area contributed by atoms with Crippen LogP contribution in [-0.2, 0) is 10.3 Å². The van der Waals surface area contributed by atoms with Crippen molar-refractivity contribution in [3.63, 3.8) is 0 Å². The van der Waals surface area contributed by atoms with Crippen molar-refractivity contribution in [2.45, 2.75) is 32.3 Å². The molecule has 1 atom stereocenters. The fraction of sp³-hybridized carbons (Fsp3) is 0.278. The lowest BCUT2D eigenvalue weighted by atomic mass is 9.86. The highest BCUT2D eigenvalue weighted by molar-refractivity contribution is 6.30. The van der Waals surface area contributed by atoms with Gasteiger partial charge >= 0.3 is 0 Å². The number of fused-ring (bicyclic) bond motifs is 1. The van der Waals surface area contributed by atoms with Crippen LogP contribution in [-0.4, -0.2) is 5.90 Å². The Morgan fingerprint density at radius 2 is 1.90 bits per heavy atom. The molecule has 0 fully saturated rings. The molecule has 0 saturated heterocycles. The van der Waals surface area contributed by atoms with Gasteiger partial charge in [-0.25, -0.2) is 4.99 Å². The first-order valence-electron chi connectivity index (χ1n) is 7.25. The van der Waals surface area contributed by atoms with Gasteiger partial charge in [-0.3, -0.25) is 0 Å². The number of benzene rings is 2. The molecule has 0 radical (unpaired) electrons. The van der Waals surface area contributed by atoms with Crippen molar-refractivity contribution in [2.75, 3.05) is 0 Å². The SMILES string of the molecule is CCCC1=Nc2ccc(Cl)cc2[C@@](C)(c2ccccc2)O1. The molecule has 2 aromatic rings. The zero-order valence-corrected chi connectivity index (χ0v) is 13.0. The van der Waals surface area contributed by atoms with E-state index in [0.717, 1.165) is 35.6 Å². The predicted molar refractivity (Wildman–Crippen MR) is 87.4 cm³/mol. The third kappa shape index (κ3) is 2.56. The molecule has 1 heterocycles. The van der Waals surface area contributed by atoms with Crippen molar-refractivity contribution in [3.8, 4) is 0 Å². The Bertz CT molecular complexity index is 681. The standard InChI is InChI=1S/C18H18ClNO/c1-3-7-17-20-16-11-10-14(19)12-15(16)18(2,21-17)13-8-5-4-6-9-13/h4-6,8-12H,3,7H2,1-2H3/t18-/m1/s1. The van der Waals surface area contributed by atoms with E-state index in [4.69, 9.17) is 16.3 Å². The minimum absolute atomic E-state index is 0.548. The highest BCUT2D eigenvalue weighted by Crippen LogP contribution is 2.43. The number of hydrogen-bond acceptors (Lipinski definition) is 2. The van der Waals surface area contributed by atoms with E-state index < -0.39 is 5.60 Å². The van der Waals surface area contributed by atoms with Crippen LogP contribution in [0.15, 0.2) is 53.5 Å². The maximum absolute atomic E-state index is 6.27. The molecule has 0 saturated carbocycles. The maximum Gasteiger partial charge on any atom is 0.189 e. The molecule has 108 valence electrons. The average molecular weight is 300 g/mol. The van der Waals surface area contributed by atoms with Gasteiger partial charge in [-0.2, -0.15) is 0 Å². The number of rotatable bonds is 3. The monoisotopic (exact) mass is 299 g/mol. The summed E-state index contributed by atoms with van der Waals surface area (Å²) in [6, 6.07) is 16.0. The summed E-state index contributed by atoms with van der Waals surface area (Å²) in [7, 11) is 0. The molecule has 21 heavy (non-hydrogen) atoms. The molecule has 0 unspecified atom stereocenters. The molecule has 2 nitrogen and oxygen atoms in total. The van der Waals surface area contributed by atoms with E-state index in [1.807, 2.05) is 36.4 Å². The van der Waals surface area contributed by atoms with Crippen molar-refractivity contribution in [1.29, 1.82) is 0 Å². The highest BCUT2D eigenvalue weighted by atomic mass is 35.5. The molecule has 0 bridgehead atoms. The Labute approximate surface area is 130 Å². The van der Waals surface area contributed by atoms with Crippen molar-refractivity contribution < 1.29 is 4.74 Å². The molecular weight excluding hydrogens is 282 g/mol. The molecule has 2 aromatic carbocycles. The van der Waals surface area contributed by atoms with Gasteiger partial charge in [0.1, 0.15) is 0 Å². The molecule has 0 aromatic heterocycles. The molecule has 3 heteroatoms. The summed E-state index contributed by atoms with van der Waals surface area (Å²) >= 11 is 6.18. The molecule has 0 amide bonds. The highest BCUT2D eigenvalue weighted by Gasteiger charge is 2.37. The van der Waals surface area contributed by atoms with E-state index in [0.29, 0.717) is 5.02 Å². The van der Waals surface area contributed by atoms with Crippen molar-refractivity contribution in [2.24, 2.45) is 4.99 Å². The van der Waals surface area contributed by atoms with Gasteiger partial charge in [0.05, 0.1) is 5.69 Å². The second-order valence-electron chi connectivity index (χ2n) is 5.42. The smallest absolute Gasteiger partial charge is 0.189 e. The number of ether oxygens (including phenoxy) is 1. The van der Waals surface area contributed by atoms with Crippen LogP contribution >= 0.6 is 11.6 Å². The zero-order valence-electron chi connectivity index (χ0n) is 12.3. The minimum Gasteiger partial charge on any atom is -0.465 e. The van der Waals surface area contributed by atoms with Gasteiger partial charge in [0.25, 0.3) is 0 Å². The second-order valence-corrected chi connectivity index (χ2v) is 5.85. The van der Waals surface area contributed by atoms with Crippen LogP contribution in [0.2, 0.25) is 5.02 Å². The van der Waals surface area contributed by atoms with Crippen LogP contribution in [0, 0.1) is 0 Å². The van der Waals surface area contributed by atoms with Crippen LogP contribution in [0.5, 0.6) is 0 Å². The van der Waals surface area contributed by atoms with Crippen LogP contribution in [0.25, 0.3) is 0 Å². The van der Waals surface area contributed by atoms with Crippen LogP contribution in [0.1, 0.15) is 37.8 Å². The number of nitrogens with zero attached hydrogens (tertiary/aromatic N) is 1. The molecule has 1 aliphatic heterocycles. The van der Waals surface area contributed by atoms with E-state index in [1.165, 1.54) is 0 Å². The van der Waals surface area contributed by atoms with E-state index >= 15 is 0 Å². The van der Waals surface area contributed by atoms with Gasteiger partial charge in [-0.15, -0.1) is 0 Å². The molecule has 0 N–H and O–H groups in total. The number of aliphatic imine (C=N–C) groups is 1. The lowest BCUT2D eigenvalue weighted by Gasteiger charge is -2.36. The summed E-state index contributed by atoms with van der Waals surface area (Å²) in [5.74, 6) is 0.790. The van der Waals surface area contributed by atoms with Crippen molar-refractivity contribution in [1.82, 2.24) is 0 Å². The van der Waals surface area contributed by atoms with Crippen molar-refractivity contribution in [3.05, 3.63) is 64.7 Å². The van der Waals surface area contributed by atoms with Crippen LogP contribution in [0.3, 0.4) is 0 Å². The van der Waals surface area contributed by atoms with Crippen molar-refractivity contribution >= 4 is 23.2 Å². The zero-order chi connectivity index (χ0) is 14.9. The Balaban J connectivity index is 2.18. The summed E-state index contributed by atoms with van der Waals surface area (Å²) < 4.78 is 6.27. The summed E-state index contributed by atoms with van der Waals surface area (Å²) in [5.41, 5.74) is 2.52. The van der Waals surface area contributed by atoms with Gasteiger partial charge in [-0.05, 0) is 37.1 Å². The maximum atomic E-state index is 6.27. The molecular formula is C18H18ClNO. The van der Waals surface area contributed by atoms with Gasteiger partial charge in [0, 0.05) is 17.0 Å². The molecule has 0 aliphatic carbocycles. The summed E-state index contributed by atoms with van der Waals surface area (Å²) in [6.45, 7) is 4.21. The molecule has 3 rings (SSSR count). The fourth-order valence-electron chi connectivity index (χ4n) is 2.73. The molecule has 1 aliphatic rings. The largest absolute Gasteiger partial charge is 0.465 e.